The number of hydrogen-bond acceptors (Lipinski definition) is 2. The molecule has 5 nitrogen and oxygen atoms in total. The molecule has 1 heterocycles. The number of rotatable bonds is 5. The molecule has 4 rings (SSSR count). The number of carbonyl (C=O) groups excluding carboxylic acids is 2. The Morgan fingerprint density at radius 1 is 0.943 bits per heavy atom. The molecule has 1 N–H and O–H groups in total. The second-order valence-electron chi connectivity index (χ2n) is 8.78. The van der Waals surface area contributed by atoms with Gasteiger partial charge in [0.05, 0.1) is 5.56 Å². The maximum absolute atomic E-state index is 13.2. The number of halogens is 3. The van der Waals surface area contributed by atoms with E-state index in [1.165, 1.54) is 0 Å². The molecule has 1 aliphatic rings. The predicted molar refractivity (Wildman–Crippen MR) is 130 cm³/mol. The minimum Gasteiger partial charge on any atom is -0.322 e. The molecule has 0 radical (unpaired) electrons. The molecular formula is C27H26F3N3O2. The van der Waals surface area contributed by atoms with Crippen LogP contribution in [-0.4, -0.2) is 29.9 Å². The summed E-state index contributed by atoms with van der Waals surface area (Å²) in [5.41, 5.74) is 3.77. The van der Waals surface area contributed by atoms with Crippen LogP contribution in [0.25, 0.3) is 0 Å². The van der Waals surface area contributed by atoms with Gasteiger partial charge in [0.1, 0.15) is 0 Å². The molecule has 3 amide bonds. The van der Waals surface area contributed by atoms with Crippen molar-refractivity contribution < 1.29 is 22.8 Å². The van der Waals surface area contributed by atoms with Crippen molar-refractivity contribution in [2.45, 2.75) is 33.0 Å². The molecule has 0 bridgehead atoms. The van der Waals surface area contributed by atoms with Crippen molar-refractivity contribution >= 4 is 23.3 Å². The summed E-state index contributed by atoms with van der Waals surface area (Å²) in [5.74, 6) is -0.530. The van der Waals surface area contributed by atoms with Crippen LogP contribution in [-0.2, 0) is 12.7 Å². The number of urea groups is 1. The SMILES string of the molecule is Cc1cc(C)cc(CN2CCCN(c3cccc(NC(=O)c4ccc(C(F)(F)F)cc4)c3)C2=O)c1. The van der Waals surface area contributed by atoms with Gasteiger partial charge in [-0.05, 0) is 68.3 Å². The molecule has 35 heavy (non-hydrogen) atoms. The minimum absolute atomic E-state index is 0.108. The van der Waals surface area contributed by atoms with Crippen molar-refractivity contribution in [1.29, 1.82) is 0 Å². The second-order valence-corrected chi connectivity index (χ2v) is 8.78. The number of alkyl halides is 3. The number of aryl methyl sites for hydroxylation is 2. The van der Waals surface area contributed by atoms with Gasteiger partial charge >= 0.3 is 12.2 Å². The third-order valence-electron chi connectivity index (χ3n) is 5.86. The summed E-state index contributed by atoms with van der Waals surface area (Å²) in [6.07, 6.45) is -3.66. The molecule has 0 saturated carbocycles. The highest BCUT2D eigenvalue weighted by Crippen LogP contribution is 2.29. The fraction of sp³-hybridized carbons (Fsp3) is 0.259. The quantitative estimate of drug-likeness (QED) is 0.458. The van der Waals surface area contributed by atoms with Crippen molar-refractivity contribution in [2.24, 2.45) is 0 Å². The summed E-state index contributed by atoms with van der Waals surface area (Å²) in [6, 6.07) is 17.1. The van der Waals surface area contributed by atoms with Crippen LogP contribution in [0.5, 0.6) is 0 Å². The molecule has 3 aromatic carbocycles. The lowest BCUT2D eigenvalue weighted by molar-refractivity contribution is -0.137. The van der Waals surface area contributed by atoms with Crippen molar-refractivity contribution in [3.05, 3.63) is 94.5 Å². The van der Waals surface area contributed by atoms with Crippen molar-refractivity contribution in [2.75, 3.05) is 23.3 Å². The summed E-state index contributed by atoms with van der Waals surface area (Å²) in [5, 5.41) is 2.70. The first kappa shape index (κ1) is 24.3. The molecule has 0 aliphatic carbocycles. The Kier molecular flexibility index (Phi) is 6.82. The van der Waals surface area contributed by atoms with E-state index in [2.05, 4.69) is 23.5 Å². The topological polar surface area (TPSA) is 52.6 Å². The van der Waals surface area contributed by atoms with Gasteiger partial charge in [-0.1, -0.05) is 35.4 Å². The summed E-state index contributed by atoms with van der Waals surface area (Å²) in [4.78, 5) is 29.3. The van der Waals surface area contributed by atoms with Crippen LogP contribution in [0.4, 0.5) is 29.3 Å². The van der Waals surface area contributed by atoms with Gasteiger partial charge in [0.25, 0.3) is 5.91 Å². The maximum Gasteiger partial charge on any atom is 0.416 e. The van der Waals surface area contributed by atoms with Crippen LogP contribution in [0, 0.1) is 13.8 Å². The van der Waals surface area contributed by atoms with Crippen LogP contribution in [0.15, 0.2) is 66.7 Å². The molecule has 0 spiro atoms. The molecule has 8 heteroatoms. The zero-order chi connectivity index (χ0) is 25.2. The van der Waals surface area contributed by atoms with E-state index in [0.29, 0.717) is 31.0 Å². The lowest BCUT2D eigenvalue weighted by Gasteiger charge is -2.36. The summed E-state index contributed by atoms with van der Waals surface area (Å²) in [6.45, 7) is 5.80. The van der Waals surface area contributed by atoms with E-state index in [4.69, 9.17) is 0 Å². The molecule has 1 fully saturated rings. The van der Waals surface area contributed by atoms with Gasteiger partial charge < -0.3 is 10.2 Å². The number of benzene rings is 3. The third kappa shape index (κ3) is 5.82. The van der Waals surface area contributed by atoms with E-state index in [1.54, 1.807) is 29.2 Å². The largest absolute Gasteiger partial charge is 0.416 e. The molecule has 0 atom stereocenters. The summed E-state index contributed by atoms with van der Waals surface area (Å²) in [7, 11) is 0. The number of nitrogens with zero attached hydrogens (tertiary/aromatic N) is 2. The lowest BCUT2D eigenvalue weighted by atomic mass is 10.1. The average molecular weight is 482 g/mol. The van der Waals surface area contributed by atoms with Gasteiger partial charge in [-0.15, -0.1) is 0 Å². The van der Waals surface area contributed by atoms with Crippen LogP contribution in [0.2, 0.25) is 0 Å². The van der Waals surface area contributed by atoms with Gasteiger partial charge in [0.2, 0.25) is 0 Å². The maximum atomic E-state index is 13.2. The van der Waals surface area contributed by atoms with Crippen molar-refractivity contribution in [1.82, 2.24) is 4.90 Å². The van der Waals surface area contributed by atoms with Gasteiger partial charge in [-0.2, -0.15) is 13.2 Å². The van der Waals surface area contributed by atoms with Crippen LogP contribution < -0.4 is 10.2 Å². The Balaban J connectivity index is 1.46. The van der Waals surface area contributed by atoms with Crippen molar-refractivity contribution in [3.63, 3.8) is 0 Å². The first-order valence-corrected chi connectivity index (χ1v) is 11.3. The highest BCUT2D eigenvalue weighted by atomic mass is 19.4. The van der Waals surface area contributed by atoms with E-state index in [9.17, 15) is 22.8 Å². The fourth-order valence-corrected chi connectivity index (χ4v) is 4.31. The number of carbonyl (C=O) groups is 2. The van der Waals surface area contributed by atoms with E-state index in [-0.39, 0.29) is 11.6 Å². The minimum atomic E-state index is -4.46. The summed E-state index contributed by atoms with van der Waals surface area (Å²) < 4.78 is 38.3. The fourth-order valence-electron chi connectivity index (χ4n) is 4.31. The van der Waals surface area contributed by atoms with E-state index in [1.807, 2.05) is 18.7 Å². The highest BCUT2D eigenvalue weighted by Gasteiger charge is 2.30. The first-order valence-electron chi connectivity index (χ1n) is 11.3. The standard InChI is InChI=1S/C27H26F3N3O2/c1-18-13-19(2)15-20(14-18)17-32-11-4-12-33(26(32)35)24-6-3-5-23(16-24)31-25(34)21-7-9-22(10-8-21)27(28,29)30/h3,5-10,13-16H,4,11-12,17H2,1-2H3,(H,31,34). The molecule has 0 aromatic heterocycles. The second kappa shape index (κ2) is 9.82. The molecule has 182 valence electrons. The lowest BCUT2D eigenvalue weighted by Crippen LogP contribution is -2.49. The highest BCUT2D eigenvalue weighted by molar-refractivity contribution is 6.04. The van der Waals surface area contributed by atoms with Gasteiger partial charge in [0.15, 0.2) is 0 Å². The number of anilines is 2. The molecule has 0 unspecified atom stereocenters. The number of hydrogen-bond donors (Lipinski definition) is 1. The monoisotopic (exact) mass is 481 g/mol. The Morgan fingerprint density at radius 2 is 1.63 bits per heavy atom. The molecule has 3 aromatic rings. The normalized spacial score (nSPS) is 14.3. The van der Waals surface area contributed by atoms with Crippen LogP contribution in [0.1, 0.15) is 39.0 Å². The Bertz CT molecular complexity index is 1220. The smallest absolute Gasteiger partial charge is 0.322 e. The van der Waals surface area contributed by atoms with Gasteiger partial charge in [-0.3, -0.25) is 9.69 Å². The van der Waals surface area contributed by atoms with Gasteiger partial charge in [-0.25, -0.2) is 4.79 Å². The number of nitrogens with one attached hydrogen (secondary N) is 1. The van der Waals surface area contributed by atoms with E-state index >= 15 is 0 Å². The third-order valence-corrected chi connectivity index (χ3v) is 5.86. The Hall–Kier alpha value is -3.81. The summed E-state index contributed by atoms with van der Waals surface area (Å²) >= 11 is 0. The van der Waals surface area contributed by atoms with E-state index < -0.39 is 17.6 Å². The van der Waals surface area contributed by atoms with Crippen molar-refractivity contribution in [3.8, 4) is 0 Å². The Morgan fingerprint density at radius 3 is 2.29 bits per heavy atom. The van der Waals surface area contributed by atoms with Crippen LogP contribution in [0.3, 0.4) is 0 Å². The van der Waals surface area contributed by atoms with Crippen LogP contribution >= 0.6 is 0 Å². The van der Waals surface area contributed by atoms with E-state index in [0.717, 1.165) is 47.4 Å². The Labute approximate surface area is 202 Å². The predicted octanol–water partition coefficient (Wildman–Crippen LogP) is 6.41. The molecule has 1 aliphatic heterocycles. The zero-order valence-electron chi connectivity index (χ0n) is 19.5. The zero-order valence-corrected chi connectivity index (χ0v) is 19.5. The molecule has 1 saturated heterocycles. The van der Waals surface area contributed by atoms with Gasteiger partial charge in [0, 0.05) is 36.6 Å². The molecular weight excluding hydrogens is 455 g/mol. The first-order chi connectivity index (χ1) is 16.6. The average Bonchev–Trinajstić information content (AvgIpc) is 2.79. The number of amides is 3.